The Bertz CT molecular complexity index is 1000. The number of nitrogens with one attached hydrogen (secondary N) is 3. The maximum Gasteiger partial charge on any atom is 0.276 e. The van der Waals surface area contributed by atoms with Crippen LogP contribution in [0.4, 0.5) is 22.9 Å². The molecule has 0 atom stereocenters. The number of anilines is 4. The Morgan fingerprint density at radius 2 is 1.57 bits per heavy atom. The van der Waals surface area contributed by atoms with Gasteiger partial charge >= 0.3 is 0 Å². The van der Waals surface area contributed by atoms with E-state index in [1.54, 1.807) is 36.4 Å². The summed E-state index contributed by atoms with van der Waals surface area (Å²) >= 11 is 6.11. The second-order valence-corrected chi connectivity index (χ2v) is 6.46. The second kappa shape index (κ2) is 8.49. The number of hydrogen-bond donors (Lipinski definition) is 3. The topological polar surface area (TPSA) is 96.0 Å². The minimum atomic E-state index is -0.384. The fraction of sp³-hybridized carbons (Fsp3) is 0.100. The molecule has 0 radical (unpaired) electrons. The molecule has 28 heavy (non-hydrogen) atoms. The van der Waals surface area contributed by atoms with E-state index < -0.39 is 0 Å². The van der Waals surface area contributed by atoms with E-state index in [0.29, 0.717) is 22.2 Å². The van der Waals surface area contributed by atoms with Crippen molar-refractivity contribution in [1.82, 2.24) is 10.2 Å². The van der Waals surface area contributed by atoms with Gasteiger partial charge in [0.25, 0.3) is 5.91 Å². The van der Waals surface area contributed by atoms with Crippen LogP contribution in [0.15, 0.2) is 54.6 Å². The zero-order chi connectivity index (χ0) is 20.1. The minimum absolute atomic E-state index is 0.159. The number of carbonyl (C=O) groups excluding carboxylic acids is 2. The van der Waals surface area contributed by atoms with E-state index in [1.165, 1.54) is 6.92 Å². The molecule has 8 heteroatoms. The number of amides is 2. The Labute approximate surface area is 167 Å². The molecule has 0 saturated carbocycles. The molecule has 1 aromatic heterocycles. The summed E-state index contributed by atoms with van der Waals surface area (Å²) in [6, 6.07) is 15.6. The quantitative estimate of drug-likeness (QED) is 0.595. The van der Waals surface area contributed by atoms with Gasteiger partial charge in [0.1, 0.15) is 0 Å². The molecular formula is C20H18ClN5O2. The number of hydrogen-bond acceptors (Lipinski definition) is 5. The first-order valence-corrected chi connectivity index (χ1v) is 8.85. The molecule has 0 aliphatic heterocycles. The van der Waals surface area contributed by atoms with Crippen molar-refractivity contribution in [3.05, 3.63) is 70.9 Å². The van der Waals surface area contributed by atoms with Crippen LogP contribution in [-0.4, -0.2) is 22.0 Å². The second-order valence-electron chi connectivity index (χ2n) is 6.05. The SMILES string of the molecule is CC(=O)Nc1ccc(NC(=O)c2ccc(Nc3cccc(Cl)c3C)nn2)cc1. The van der Waals surface area contributed by atoms with Crippen LogP contribution in [0.3, 0.4) is 0 Å². The smallest absolute Gasteiger partial charge is 0.276 e. The first-order valence-electron chi connectivity index (χ1n) is 8.47. The Kier molecular flexibility index (Phi) is 5.86. The van der Waals surface area contributed by atoms with Gasteiger partial charge in [-0.1, -0.05) is 17.7 Å². The number of halogens is 1. The molecule has 3 rings (SSSR count). The lowest BCUT2D eigenvalue weighted by atomic mass is 10.2. The number of benzene rings is 2. The van der Waals surface area contributed by atoms with Gasteiger partial charge in [-0.3, -0.25) is 9.59 Å². The molecule has 0 fully saturated rings. The lowest BCUT2D eigenvalue weighted by molar-refractivity contribution is -0.114. The van der Waals surface area contributed by atoms with E-state index >= 15 is 0 Å². The van der Waals surface area contributed by atoms with Crippen molar-refractivity contribution in [3.63, 3.8) is 0 Å². The summed E-state index contributed by atoms with van der Waals surface area (Å²) in [5.41, 5.74) is 3.13. The van der Waals surface area contributed by atoms with E-state index in [1.807, 2.05) is 25.1 Å². The number of nitrogens with zero attached hydrogens (tertiary/aromatic N) is 2. The molecule has 0 unspecified atom stereocenters. The maximum absolute atomic E-state index is 12.3. The molecule has 142 valence electrons. The van der Waals surface area contributed by atoms with Gasteiger partial charge in [0.15, 0.2) is 11.5 Å². The summed E-state index contributed by atoms with van der Waals surface area (Å²) in [4.78, 5) is 23.4. The molecule has 3 aromatic rings. The van der Waals surface area contributed by atoms with Gasteiger partial charge < -0.3 is 16.0 Å². The molecule has 0 bridgehead atoms. The molecule has 0 saturated heterocycles. The molecule has 0 aliphatic rings. The van der Waals surface area contributed by atoms with Crippen LogP contribution in [0.25, 0.3) is 0 Å². The van der Waals surface area contributed by atoms with Gasteiger partial charge in [0.05, 0.1) is 0 Å². The summed E-state index contributed by atoms with van der Waals surface area (Å²) in [6.45, 7) is 3.33. The number of rotatable bonds is 5. The Morgan fingerprint density at radius 3 is 2.18 bits per heavy atom. The lowest BCUT2D eigenvalue weighted by Gasteiger charge is -2.10. The third-order valence-corrected chi connectivity index (χ3v) is 4.30. The largest absolute Gasteiger partial charge is 0.338 e. The molecular weight excluding hydrogens is 378 g/mol. The van der Waals surface area contributed by atoms with Gasteiger partial charge in [-0.15, -0.1) is 10.2 Å². The highest BCUT2D eigenvalue weighted by atomic mass is 35.5. The first kappa shape index (κ1) is 19.3. The fourth-order valence-corrected chi connectivity index (χ4v) is 2.61. The van der Waals surface area contributed by atoms with Crippen LogP contribution < -0.4 is 16.0 Å². The summed E-state index contributed by atoms with van der Waals surface area (Å²) in [5.74, 6) is -0.0411. The highest BCUT2D eigenvalue weighted by Crippen LogP contribution is 2.25. The first-order chi connectivity index (χ1) is 13.4. The average molecular weight is 396 g/mol. The normalized spacial score (nSPS) is 10.2. The Hall–Kier alpha value is -3.45. The predicted octanol–water partition coefficient (Wildman–Crippen LogP) is 4.39. The Morgan fingerprint density at radius 1 is 0.893 bits per heavy atom. The van der Waals surface area contributed by atoms with Crippen molar-refractivity contribution >= 4 is 46.3 Å². The molecule has 7 nitrogen and oxygen atoms in total. The Balaban J connectivity index is 1.65. The van der Waals surface area contributed by atoms with E-state index in [9.17, 15) is 9.59 Å². The number of carbonyl (C=O) groups is 2. The zero-order valence-electron chi connectivity index (χ0n) is 15.3. The van der Waals surface area contributed by atoms with Crippen molar-refractivity contribution in [1.29, 1.82) is 0 Å². The van der Waals surface area contributed by atoms with Gasteiger partial charge in [0.2, 0.25) is 5.91 Å². The molecule has 3 N–H and O–H groups in total. The lowest BCUT2D eigenvalue weighted by Crippen LogP contribution is -2.14. The highest BCUT2D eigenvalue weighted by molar-refractivity contribution is 6.31. The molecule has 1 heterocycles. The molecule has 0 aliphatic carbocycles. The van der Waals surface area contributed by atoms with Crippen LogP contribution in [-0.2, 0) is 4.79 Å². The maximum atomic E-state index is 12.3. The van der Waals surface area contributed by atoms with E-state index in [2.05, 4.69) is 26.1 Å². The minimum Gasteiger partial charge on any atom is -0.338 e. The molecule has 2 amide bonds. The predicted molar refractivity (Wildman–Crippen MR) is 110 cm³/mol. The van der Waals surface area contributed by atoms with Crippen LogP contribution in [0.1, 0.15) is 23.0 Å². The van der Waals surface area contributed by atoms with Crippen molar-refractivity contribution < 1.29 is 9.59 Å². The monoisotopic (exact) mass is 395 g/mol. The van der Waals surface area contributed by atoms with E-state index in [4.69, 9.17) is 11.6 Å². The summed E-state index contributed by atoms with van der Waals surface area (Å²) in [6.07, 6.45) is 0. The van der Waals surface area contributed by atoms with E-state index in [-0.39, 0.29) is 17.5 Å². The average Bonchev–Trinajstić information content (AvgIpc) is 2.67. The van der Waals surface area contributed by atoms with Gasteiger partial charge in [-0.05, 0) is 61.0 Å². The van der Waals surface area contributed by atoms with Crippen molar-refractivity contribution in [2.75, 3.05) is 16.0 Å². The van der Waals surface area contributed by atoms with Crippen LogP contribution in [0, 0.1) is 6.92 Å². The molecule has 0 spiro atoms. The van der Waals surface area contributed by atoms with E-state index in [0.717, 1.165) is 11.3 Å². The summed E-state index contributed by atoms with van der Waals surface area (Å²) in [7, 11) is 0. The van der Waals surface area contributed by atoms with Crippen LogP contribution in [0.5, 0.6) is 0 Å². The fourth-order valence-electron chi connectivity index (χ4n) is 2.44. The summed E-state index contributed by atoms with van der Waals surface area (Å²) in [5, 5.41) is 17.2. The van der Waals surface area contributed by atoms with Crippen molar-refractivity contribution in [2.45, 2.75) is 13.8 Å². The van der Waals surface area contributed by atoms with Gasteiger partial charge in [-0.25, -0.2) is 0 Å². The zero-order valence-corrected chi connectivity index (χ0v) is 16.0. The molecule has 2 aromatic carbocycles. The summed E-state index contributed by atoms with van der Waals surface area (Å²) < 4.78 is 0. The van der Waals surface area contributed by atoms with Gasteiger partial charge in [-0.2, -0.15) is 0 Å². The standard InChI is InChI=1S/C20H18ClN5O2/c1-12-16(21)4-3-5-17(12)24-19-11-10-18(25-26-19)20(28)23-15-8-6-14(7-9-15)22-13(2)27/h3-11H,1-2H3,(H,22,27)(H,23,28)(H,24,26). The highest BCUT2D eigenvalue weighted by Gasteiger charge is 2.10. The van der Waals surface area contributed by atoms with Crippen molar-refractivity contribution in [3.8, 4) is 0 Å². The third-order valence-electron chi connectivity index (χ3n) is 3.89. The third kappa shape index (κ3) is 4.83. The van der Waals surface area contributed by atoms with Gasteiger partial charge in [0, 0.05) is 29.0 Å². The van der Waals surface area contributed by atoms with Crippen molar-refractivity contribution in [2.24, 2.45) is 0 Å². The van der Waals surface area contributed by atoms with Crippen LogP contribution >= 0.6 is 11.6 Å². The van der Waals surface area contributed by atoms with Crippen LogP contribution in [0.2, 0.25) is 5.02 Å². The number of aromatic nitrogens is 2.